The Kier molecular flexibility index (Phi) is 6.36. The lowest BCUT2D eigenvalue weighted by Crippen LogP contribution is -2.49. The Balaban J connectivity index is 1.50. The largest absolute Gasteiger partial charge is 0.344 e. The van der Waals surface area contributed by atoms with Gasteiger partial charge in [0.1, 0.15) is 16.9 Å². The average Bonchev–Trinajstić information content (AvgIpc) is 3.07. The molecule has 33 heavy (non-hydrogen) atoms. The van der Waals surface area contributed by atoms with Crippen molar-refractivity contribution in [3.05, 3.63) is 60.7 Å². The normalized spacial score (nSPS) is 17.7. The van der Waals surface area contributed by atoms with Crippen molar-refractivity contribution in [3.8, 4) is 22.5 Å². The average molecular weight is 463 g/mol. The maximum Gasteiger partial charge on any atom is 0.344 e. The van der Waals surface area contributed by atoms with Crippen molar-refractivity contribution >= 4 is 29.6 Å². The van der Waals surface area contributed by atoms with Crippen molar-refractivity contribution < 1.29 is 14.4 Å². The molecule has 2 N–H and O–H groups in total. The first-order valence-corrected chi connectivity index (χ1v) is 11.3. The lowest BCUT2D eigenvalue weighted by molar-refractivity contribution is -0.137. The second-order valence-corrected chi connectivity index (χ2v) is 8.55. The molecule has 1 fully saturated rings. The number of nitrogens with zero attached hydrogens (tertiary/aromatic N) is 4. The molecule has 2 heterocycles. The number of carbonyl (C=O) groups is 3. The number of carbonyl (C=O) groups excluding carboxylic acids is 3. The lowest BCUT2D eigenvalue weighted by atomic mass is 10.00. The summed E-state index contributed by atoms with van der Waals surface area (Å²) >= 11 is 1.07. The van der Waals surface area contributed by atoms with Crippen molar-refractivity contribution in [2.24, 2.45) is 0 Å². The van der Waals surface area contributed by atoms with E-state index >= 15 is 0 Å². The zero-order chi connectivity index (χ0) is 23.4. The summed E-state index contributed by atoms with van der Waals surface area (Å²) in [6.45, 7) is 3.40. The van der Waals surface area contributed by atoms with Crippen molar-refractivity contribution in [2.75, 3.05) is 5.75 Å². The molecular weight excluding hydrogens is 440 g/mol. The number of thioether (sulfide) groups is 1. The van der Waals surface area contributed by atoms with Gasteiger partial charge in [-0.3, -0.25) is 15.0 Å². The van der Waals surface area contributed by atoms with E-state index in [9.17, 15) is 14.4 Å². The van der Waals surface area contributed by atoms with Gasteiger partial charge in [0.2, 0.25) is 11.1 Å². The fourth-order valence-corrected chi connectivity index (χ4v) is 3.85. The van der Waals surface area contributed by atoms with Crippen LogP contribution in [0.15, 0.2) is 65.8 Å². The van der Waals surface area contributed by atoms with E-state index in [4.69, 9.17) is 0 Å². The number of hydrogen-bond acceptors (Lipinski definition) is 7. The van der Waals surface area contributed by atoms with Crippen molar-refractivity contribution in [2.45, 2.75) is 31.0 Å². The van der Waals surface area contributed by atoms with Crippen molar-refractivity contribution in [3.63, 3.8) is 0 Å². The minimum atomic E-state index is -1.03. The summed E-state index contributed by atoms with van der Waals surface area (Å²) in [5, 5.41) is 12.2. The Morgan fingerprint density at radius 3 is 2.18 bits per heavy atom. The van der Waals surface area contributed by atoms with Crippen LogP contribution in [0.5, 0.6) is 0 Å². The van der Waals surface area contributed by atoms with Crippen LogP contribution in [0.25, 0.3) is 22.5 Å². The molecule has 4 amide bonds. The molecule has 0 bridgehead atoms. The smallest absolute Gasteiger partial charge is 0.322 e. The first-order chi connectivity index (χ1) is 15.9. The minimum absolute atomic E-state index is 0.0967. The first kappa shape index (κ1) is 22.4. The molecule has 1 saturated heterocycles. The molecule has 1 atom stereocenters. The van der Waals surface area contributed by atoms with Gasteiger partial charge in [0, 0.05) is 11.1 Å². The van der Waals surface area contributed by atoms with Gasteiger partial charge in [0.15, 0.2) is 0 Å². The van der Waals surface area contributed by atoms with Crippen LogP contribution in [0.2, 0.25) is 0 Å². The number of amides is 4. The highest BCUT2D eigenvalue weighted by Crippen LogP contribution is 2.29. The topological polar surface area (TPSA) is 117 Å². The minimum Gasteiger partial charge on any atom is -0.322 e. The summed E-state index contributed by atoms with van der Waals surface area (Å²) in [6, 6.07) is 18.6. The maximum atomic E-state index is 12.4. The number of urea groups is 1. The molecule has 0 aliphatic carbocycles. The number of nitrogens with one attached hydrogen (secondary N) is 2. The molecule has 0 radical (unpaired) electrons. The van der Waals surface area contributed by atoms with Gasteiger partial charge in [-0.05, 0) is 13.3 Å². The number of benzene rings is 2. The van der Waals surface area contributed by atoms with E-state index in [0.717, 1.165) is 27.9 Å². The van der Waals surface area contributed by atoms with Gasteiger partial charge in [0.25, 0.3) is 5.91 Å². The monoisotopic (exact) mass is 462 g/mol. The predicted octanol–water partition coefficient (Wildman–Crippen LogP) is 3.05. The van der Waals surface area contributed by atoms with E-state index in [-0.39, 0.29) is 5.75 Å². The van der Waals surface area contributed by atoms with Crippen LogP contribution in [0.4, 0.5) is 4.79 Å². The van der Waals surface area contributed by atoms with Crippen LogP contribution in [0.3, 0.4) is 0 Å². The fourth-order valence-electron chi connectivity index (χ4n) is 3.27. The summed E-state index contributed by atoms with van der Waals surface area (Å²) in [5.74, 6) is -1.12. The molecule has 1 aliphatic rings. The highest BCUT2D eigenvalue weighted by Gasteiger charge is 2.47. The molecule has 4 rings (SSSR count). The molecule has 0 unspecified atom stereocenters. The molecule has 10 heteroatoms. The Labute approximate surface area is 195 Å². The van der Waals surface area contributed by atoms with Gasteiger partial charge in [-0.1, -0.05) is 79.3 Å². The van der Waals surface area contributed by atoms with Crippen LogP contribution in [-0.2, 0) is 9.59 Å². The molecule has 3 aromatic rings. The summed E-state index contributed by atoms with van der Waals surface area (Å²) < 4.78 is 0. The van der Waals surface area contributed by atoms with E-state index in [1.165, 1.54) is 0 Å². The van der Waals surface area contributed by atoms with E-state index in [0.29, 0.717) is 23.0 Å². The van der Waals surface area contributed by atoms with Gasteiger partial charge >= 0.3 is 6.03 Å². The molecular formula is C23H22N6O3S. The van der Waals surface area contributed by atoms with Gasteiger partial charge in [-0.25, -0.2) is 9.78 Å². The summed E-state index contributed by atoms with van der Waals surface area (Å²) in [7, 11) is 0. The molecule has 2 aromatic carbocycles. The predicted molar refractivity (Wildman–Crippen MR) is 124 cm³/mol. The Morgan fingerprint density at radius 1 is 1.00 bits per heavy atom. The van der Waals surface area contributed by atoms with Crippen LogP contribution in [-0.4, -0.2) is 49.3 Å². The van der Waals surface area contributed by atoms with Crippen LogP contribution in [0.1, 0.15) is 20.3 Å². The van der Waals surface area contributed by atoms with E-state index in [1.54, 1.807) is 13.8 Å². The number of imide groups is 1. The molecule has 9 nitrogen and oxygen atoms in total. The Morgan fingerprint density at radius 2 is 1.61 bits per heavy atom. The first-order valence-electron chi connectivity index (χ1n) is 10.4. The highest BCUT2D eigenvalue weighted by molar-refractivity contribution is 7.99. The quantitative estimate of drug-likeness (QED) is 0.409. The van der Waals surface area contributed by atoms with Gasteiger partial charge < -0.3 is 5.32 Å². The number of rotatable bonds is 7. The van der Waals surface area contributed by atoms with E-state index in [1.807, 2.05) is 60.7 Å². The standard InChI is InChI=1S/C23H22N6O3S/c1-3-23(2)20(31)29(22(32)25-23)28-17(30)14-33-21-24-18(15-10-6-4-7-11-15)19(26-27-21)16-12-8-5-9-13-16/h4-13H,3,14H2,1-2H3,(H,25,32)(H,28,30)/t23-/m0/s1. The van der Waals surface area contributed by atoms with Gasteiger partial charge in [-0.15, -0.1) is 10.2 Å². The number of hydrogen-bond donors (Lipinski definition) is 2. The van der Waals surface area contributed by atoms with Crippen LogP contribution >= 0.6 is 11.8 Å². The third-order valence-corrected chi connectivity index (χ3v) is 6.14. The Bertz CT molecular complexity index is 1190. The van der Waals surface area contributed by atoms with E-state index < -0.39 is 23.4 Å². The molecule has 0 saturated carbocycles. The maximum absolute atomic E-state index is 12.4. The van der Waals surface area contributed by atoms with Gasteiger partial charge in [0.05, 0.1) is 5.75 Å². The second-order valence-electron chi connectivity index (χ2n) is 7.60. The number of aromatic nitrogens is 3. The zero-order valence-corrected chi connectivity index (χ0v) is 18.9. The number of hydrazine groups is 1. The summed E-state index contributed by atoms with van der Waals surface area (Å²) in [6.07, 6.45) is 0.411. The lowest BCUT2D eigenvalue weighted by Gasteiger charge is -2.19. The molecule has 1 aromatic heterocycles. The summed E-state index contributed by atoms with van der Waals surface area (Å²) in [4.78, 5) is 41.6. The molecule has 0 spiro atoms. The molecule has 1 aliphatic heterocycles. The van der Waals surface area contributed by atoms with Gasteiger partial charge in [-0.2, -0.15) is 5.01 Å². The van der Waals surface area contributed by atoms with E-state index in [2.05, 4.69) is 25.9 Å². The third kappa shape index (κ3) is 4.70. The van der Waals surface area contributed by atoms with Crippen LogP contribution in [0, 0.1) is 0 Å². The summed E-state index contributed by atoms with van der Waals surface area (Å²) in [5.41, 5.74) is 4.36. The zero-order valence-electron chi connectivity index (χ0n) is 18.1. The SMILES string of the molecule is CC[C@]1(C)NC(=O)N(NC(=O)CSc2nnc(-c3ccccc3)c(-c3ccccc3)n2)C1=O. The Hall–Kier alpha value is -3.79. The molecule has 168 valence electrons. The third-order valence-electron chi connectivity index (χ3n) is 5.30. The van der Waals surface area contributed by atoms with Crippen LogP contribution < -0.4 is 10.7 Å². The van der Waals surface area contributed by atoms with Crippen molar-refractivity contribution in [1.29, 1.82) is 0 Å². The van der Waals surface area contributed by atoms with Crippen molar-refractivity contribution in [1.82, 2.24) is 30.9 Å². The second kappa shape index (κ2) is 9.37. The fraction of sp³-hybridized carbons (Fsp3) is 0.217. The highest BCUT2D eigenvalue weighted by atomic mass is 32.2.